The molecule has 0 aliphatic rings. The van der Waals surface area contributed by atoms with Crippen molar-refractivity contribution in [2.24, 2.45) is 0 Å². The summed E-state index contributed by atoms with van der Waals surface area (Å²) in [5, 5.41) is 3.20. The molecule has 0 saturated heterocycles. The minimum absolute atomic E-state index is 0.181. The van der Waals surface area contributed by atoms with Crippen LogP contribution in [0, 0.1) is 0 Å². The van der Waals surface area contributed by atoms with Crippen LogP contribution in [0.1, 0.15) is 32.8 Å². The van der Waals surface area contributed by atoms with E-state index in [9.17, 15) is 0 Å². The Kier molecular flexibility index (Phi) is 5.70. The zero-order valence-electron chi connectivity index (χ0n) is 11.1. The van der Waals surface area contributed by atoms with E-state index in [-0.39, 0.29) is 6.10 Å². The van der Waals surface area contributed by atoms with Crippen LogP contribution in [-0.2, 0) is 0 Å². The van der Waals surface area contributed by atoms with Crippen molar-refractivity contribution in [3.63, 3.8) is 0 Å². The van der Waals surface area contributed by atoms with E-state index >= 15 is 0 Å². The molecule has 17 heavy (non-hydrogen) atoms. The van der Waals surface area contributed by atoms with E-state index in [4.69, 9.17) is 4.74 Å². The van der Waals surface area contributed by atoms with E-state index in [1.807, 2.05) is 33.2 Å². The van der Waals surface area contributed by atoms with E-state index in [1.54, 1.807) is 6.20 Å². The molecular weight excluding hydrogens is 212 g/mol. The first-order valence-electron chi connectivity index (χ1n) is 6.07. The van der Waals surface area contributed by atoms with E-state index in [1.165, 1.54) is 0 Å². The topological polar surface area (TPSA) is 34.2 Å². The second-order valence-electron chi connectivity index (χ2n) is 4.45. The van der Waals surface area contributed by atoms with Crippen LogP contribution in [0.2, 0.25) is 0 Å². The third-order valence-electron chi connectivity index (χ3n) is 2.40. The van der Waals surface area contributed by atoms with Gasteiger partial charge in [0.1, 0.15) is 5.75 Å². The number of aromatic nitrogens is 1. The highest BCUT2D eigenvalue weighted by molar-refractivity contribution is 5.49. The average Bonchev–Trinajstić information content (AvgIpc) is 2.28. The molecule has 1 N–H and O–H groups in total. The standard InChI is InChI=1S/C14H22N2O/c1-11(2)17-14-8-13(9-16-10-14)7-5-6-12(3)15-4/h5,7-12,15H,6H2,1-4H3/t12-/m0/s1. The van der Waals surface area contributed by atoms with Crippen LogP contribution in [0.3, 0.4) is 0 Å². The Morgan fingerprint density at radius 1 is 1.35 bits per heavy atom. The summed E-state index contributed by atoms with van der Waals surface area (Å²) in [4.78, 5) is 4.16. The lowest BCUT2D eigenvalue weighted by Gasteiger charge is -2.09. The quantitative estimate of drug-likeness (QED) is 0.821. The van der Waals surface area contributed by atoms with Crippen LogP contribution in [0.4, 0.5) is 0 Å². The molecule has 1 heterocycles. The van der Waals surface area contributed by atoms with Crippen molar-refractivity contribution in [1.82, 2.24) is 10.3 Å². The summed E-state index contributed by atoms with van der Waals surface area (Å²) in [6.07, 6.45) is 9.00. The van der Waals surface area contributed by atoms with Crippen molar-refractivity contribution in [1.29, 1.82) is 0 Å². The van der Waals surface area contributed by atoms with Gasteiger partial charge in [0.2, 0.25) is 0 Å². The lowest BCUT2D eigenvalue weighted by Crippen LogP contribution is -2.19. The largest absolute Gasteiger partial charge is 0.489 e. The highest BCUT2D eigenvalue weighted by atomic mass is 16.5. The van der Waals surface area contributed by atoms with E-state index in [0.29, 0.717) is 6.04 Å². The highest BCUT2D eigenvalue weighted by Crippen LogP contribution is 2.14. The van der Waals surface area contributed by atoms with Crippen LogP contribution >= 0.6 is 0 Å². The Morgan fingerprint density at radius 2 is 2.12 bits per heavy atom. The van der Waals surface area contributed by atoms with Crippen molar-refractivity contribution < 1.29 is 4.74 Å². The molecular formula is C14H22N2O. The SMILES string of the molecule is CN[C@@H](C)CC=Cc1cncc(OC(C)C)c1. The Bertz CT molecular complexity index is 361. The van der Waals surface area contributed by atoms with Gasteiger partial charge in [-0.25, -0.2) is 0 Å². The first-order valence-corrected chi connectivity index (χ1v) is 6.07. The molecule has 0 saturated carbocycles. The van der Waals surface area contributed by atoms with Crippen LogP contribution in [-0.4, -0.2) is 24.2 Å². The maximum absolute atomic E-state index is 5.59. The van der Waals surface area contributed by atoms with Gasteiger partial charge >= 0.3 is 0 Å². The Hall–Kier alpha value is -1.35. The predicted octanol–water partition coefficient (Wildman–Crippen LogP) is 2.88. The van der Waals surface area contributed by atoms with Crippen LogP contribution in [0.5, 0.6) is 5.75 Å². The van der Waals surface area contributed by atoms with E-state index in [2.05, 4.69) is 29.4 Å². The van der Waals surface area contributed by atoms with Crippen LogP contribution < -0.4 is 10.1 Å². The van der Waals surface area contributed by atoms with Gasteiger partial charge < -0.3 is 10.1 Å². The van der Waals surface area contributed by atoms with Gasteiger partial charge in [-0.2, -0.15) is 0 Å². The van der Waals surface area contributed by atoms with E-state index in [0.717, 1.165) is 17.7 Å². The molecule has 0 aliphatic carbocycles. The molecule has 0 aromatic carbocycles. The number of pyridine rings is 1. The normalized spacial score (nSPS) is 13.2. The zero-order chi connectivity index (χ0) is 12.7. The summed E-state index contributed by atoms with van der Waals surface area (Å²) >= 11 is 0. The van der Waals surface area contributed by atoms with Gasteiger partial charge in [0, 0.05) is 12.2 Å². The third-order valence-corrected chi connectivity index (χ3v) is 2.40. The number of nitrogens with zero attached hydrogens (tertiary/aromatic N) is 1. The molecule has 0 bridgehead atoms. The second-order valence-corrected chi connectivity index (χ2v) is 4.45. The number of rotatable bonds is 6. The monoisotopic (exact) mass is 234 g/mol. The second kappa shape index (κ2) is 7.07. The van der Waals surface area contributed by atoms with Crippen molar-refractivity contribution in [2.45, 2.75) is 39.3 Å². The highest BCUT2D eigenvalue weighted by Gasteiger charge is 1.98. The molecule has 3 heteroatoms. The van der Waals surface area contributed by atoms with Gasteiger partial charge in [-0.1, -0.05) is 12.2 Å². The molecule has 0 aliphatic heterocycles. The molecule has 0 unspecified atom stereocenters. The molecule has 0 spiro atoms. The number of hydrogen-bond donors (Lipinski definition) is 1. The number of nitrogens with one attached hydrogen (secondary N) is 1. The number of hydrogen-bond acceptors (Lipinski definition) is 3. The summed E-state index contributed by atoms with van der Waals surface area (Å²) in [6, 6.07) is 2.50. The molecule has 1 aromatic heterocycles. The van der Waals surface area contributed by atoms with Crippen molar-refractivity contribution >= 4 is 6.08 Å². The third kappa shape index (κ3) is 5.50. The minimum Gasteiger partial charge on any atom is -0.489 e. The fourth-order valence-electron chi connectivity index (χ4n) is 1.39. The first kappa shape index (κ1) is 13.7. The van der Waals surface area contributed by atoms with Gasteiger partial charge in [-0.15, -0.1) is 0 Å². The summed E-state index contributed by atoms with van der Waals surface area (Å²) in [5.74, 6) is 0.823. The predicted molar refractivity (Wildman–Crippen MR) is 72.2 cm³/mol. The first-order chi connectivity index (χ1) is 8.11. The van der Waals surface area contributed by atoms with Crippen molar-refractivity contribution in [3.05, 3.63) is 30.1 Å². The molecule has 0 amide bonds. The molecule has 3 nitrogen and oxygen atoms in total. The molecule has 1 atom stereocenters. The van der Waals surface area contributed by atoms with Gasteiger partial charge in [0.05, 0.1) is 12.3 Å². The fraction of sp³-hybridized carbons (Fsp3) is 0.500. The van der Waals surface area contributed by atoms with Crippen molar-refractivity contribution in [2.75, 3.05) is 7.05 Å². The summed E-state index contributed by atoms with van der Waals surface area (Å²) in [6.45, 7) is 6.18. The Morgan fingerprint density at radius 3 is 2.76 bits per heavy atom. The Labute approximate surface area is 104 Å². The van der Waals surface area contributed by atoms with Gasteiger partial charge in [0.15, 0.2) is 0 Å². The molecule has 0 fully saturated rings. The molecule has 1 aromatic rings. The summed E-state index contributed by atoms with van der Waals surface area (Å²) in [7, 11) is 1.97. The van der Waals surface area contributed by atoms with Crippen LogP contribution in [0.25, 0.3) is 6.08 Å². The average molecular weight is 234 g/mol. The molecule has 0 radical (unpaired) electrons. The summed E-state index contributed by atoms with van der Waals surface area (Å²) in [5.41, 5.74) is 1.08. The maximum atomic E-state index is 5.59. The maximum Gasteiger partial charge on any atom is 0.138 e. The van der Waals surface area contributed by atoms with Gasteiger partial charge in [-0.05, 0) is 45.9 Å². The zero-order valence-corrected chi connectivity index (χ0v) is 11.1. The lowest BCUT2D eigenvalue weighted by molar-refractivity contribution is 0.241. The van der Waals surface area contributed by atoms with E-state index < -0.39 is 0 Å². The fourth-order valence-corrected chi connectivity index (χ4v) is 1.39. The Balaban J connectivity index is 2.59. The van der Waals surface area contributed by atoms with Gasteiger partial charge in [-0.3, -0.25) is 4.98 Å². The molecule has 1 rings (SSSR count). The summed E-state index contributed by atoms with van der Waals surface area (Å²) < 4.78 is 5.59. The van der Waals surface area contributed by atoms with Crippen LogP contribution in [0.15, 0.2) is 24.5 Å². The molecule has 94 valence electrons. The minimum atomic E-state index is 0.181. The number of ether oxygens (including phenoxy) is 1. The smallest absolute Gasteiger partial charge is 0.138 e. The van der Waals surface area contributed by atoms with Gasteiger partial charge in [0.25, 0.3) is 0 Å². The lowest BCUT2D eigenvalue weighted by atomic mass is 10.2. The van der Waals surface area contributed by atoms with Crippen molar-refractivity contribution in [3.8, 4) is 5.75 Å².